The van der Waals surface area contributed by atoms with Crippen molar-refractivity contribution in [3.63, 3.8) is 0 Å². The molecule has 7 nitrogen and oxygen atoms in total. The van der Waals surface area contributed by atoms with Crippen molar-refractivity contribution >= 4 is 17.4 Å². The van der Waals surface area contributed by atoms with E-state index in [9.17, 15) is 4.79 Å². The molecule has 2 aromatic carbocycles. The molecule has 1 aliphatic rings. The van der Waals surface area contributed by atoms with Gasteiger partial charge in [0.2, 0.25) is 6.79 Å². The van der Waals surface area contributed by atoms with Gasteiger partial charge in [0.15, 0.2) is 17.1 Å². The Hall–Kier alpha value is -3.26. The average Bonchev–Trinajstić information content (AvgIpc) is 3.32. The highest BCUT2D eigenvalue weighted by molar-refractivity contribution is 7.98. The molecule has 4 aromatic rings. The Labute approximate surface area is 164 Å². The first-order chi connectivity index (χ1) is 13.8. The Morgan fingerprint density at radius 2 is 1.89 bits per heavy atom. The van der Waals surface area contributed by atoms with Gasteiger partial charge in [-0.05, 0) is 23.3 Å². The molecule has 0 aliphatic carbocycles. The SMILES string of the molecule is O=c1n(Cc2ccc3c(c2)OCO3)nc2c(SCc3ccccc3)nccn12. The Balaban J connectivity index is 1.44. The van der Waals surface area contributed by atoms with Crippen LogP contribution in [-0.2, 0) is 12.3 Å². The topological polar surface area (TPSA) is 70.7 Å². The van der Waals surface area contributed by atoms with Crippen LogP contribution in [-0.4, -0.2) is 26.0 Å². The van der Waals surface area contributed by atoms with E-state index < -0.39 is 0 Å². The molecule has 8 heteroatoms. The summed E-state index contributed by atoms with van der Waals surface area (Å²) < 4.78 is 13.7. The van der Waals surface area contributed by atoms with E-state index in [2.05, 4.69) is 22.2 Å². The van der Waals surface area contributed by atoms with Gasteiger partial charge in [-0.1, -0.05) is 48.2 Å². The molecule has 28 heavy (non-hydrogen) atoms. The molecule has 0 N–H and O–H groups in total. The third-order valence-electron chi connectivity index (χ3n) is 4.46. The van der Waals surface area contributed by atoms with Crippen molar-refractivity contribution in [3.8, 4) is 11.5 Å². The lowest BCUT2D eigenvalue weighted by Crippen LogP contribution is -2.21. The summed E-state index contributed by atoms with van der Waals surface area (Å²) >= 11 is 1.56. The fraction of sp³-hybridized carbons (Fsp3) is 0.150. The Morgan fingerprint density at radius 1 is 1.04 bits per heavy atom. The summed E-state index contributed by atoms with van der Waals surface area (Å²) in [4.78, 5) is 17.2. The Kier molecular flexibility index (Phi) is 4.25. The molecule has 0 amide bonds. The predicted molar refractivity (Wildman–Crippen MR) is 105 cm³/mol. The van der Waals surface area contributed by atoms with Gasteiger partial charge in [0, 0.05) is 18.1 Å². The lowest BCUT2D eigenvalue weighted by Gasteiger charge is -2.02. The second-order valence-electron chi connectivity index (χ2n) is 6.33. The van der Waals surface area contributed by atoms with Gasteiger partial charge in [-0.25, -0.2) is 18.9 Å². The van der Waals surface area contributed by atoms with E-state index in [1.54, 1.807) is 24.2 Å². The molecule has 1 aliphatic heterocycles. The minimum absolute atomic E-state index is 0.198. The van der Waals surface area contributed by atoms with Gasteiger partial charge in [-0.2, -0.15) is 0 Å². The zero-order chi connectivity index (χ0) is 18.9. The molecular weight excluding hydrogens is 376 g/mol. The largest absolute Gasteiger partial charge is 0.454 e. The minimum Gasteiger partial charge on any atom is -0.454 e. The maximum atomic E-state index is 12.8. The summed E-state index contributed by atoms with van der Waals surface area (Å²) in [5, 5.41) is 5.25. The molecule has 0 saturated heterocycles. The summed E-state index contributed by atoms with van der Waals surface area (Å²) in [5.41, 5.74) is 2.48. The van der Waals surface area contributed by atoms with Crippen molar-refractivity contribution in [2.24, 2.45) is 0 Å². The molecule has 0 saturated carbocycles. The zero-order valence-electron chi connectivity index (χ0n) is 14.8. The molecule has 0 atom stereocenters. The van der Waals surface area contributed by atoms with Crippen molar-refractivity contribution in [1.82, 2.24) is 19.2 Å². The summed E-state index contributed by atoms with van der Waals surface area (Å²) in [7, 11) is 0. The van der Waals surface area contributed by atoms with Gasteiger partial charge >= 0.3 is 5.69 Å². The molecule has 0 fully saturated rings. The van der Waals surface area contributed by atoms with Gasteiger partial charge in [0.25, 0.3) is 0 Å². The fourth-order valence-electron chi connectivity index (χ4n) is 3.07. The van der Waals surface area contributed by atoms with Crippen LogP contribution in [0.1, 0.15) is 11.1 Å². The van der Waals surface area contributed by atoms with Crippen molar-refractivity contribution in [2.75, 3.05) is 6.79 Å². The number of hydrogen-bond acceptors (Lipinski definition) is 6. The normalized spacial score (nSPS) is 12.6. The minimum atomic E-state index is -0.198. The molecule has 0 radical (unpaired) electrons. The third kappa shape index (κ3) is 3.11. The van der Waals surface area contributed by atoms with E-state index in [0.29, 0.717) is 17.9 Å². The predicted octanol–water partition coefficient (Wildman–Crippen LogP) is 2.96. The van der Waals surface area contributed by atoms with Gasteiger partial charge in [0.1, 0.15) is 5.03 Å². The second-order valence-corrected chi connectivity index (χ2v) is 7.29. The van der Waals surface area contributed by atoms with E-state index in [-0.39, 0.29) is 12.5 Å². The van der Waals surface area contributed by atoms with Crippen molar-refractivity contribution in [3.05, 3.63) is 82.5 Å². The van der Waals surface area contributed by atoms with E-state index in [1.165, 1.54) is 14.6 Å². The molecular formula is C20H16N4O3S. The van der Waals surface area contributed by atoms with E-state index in [0.717, 1.165) is 22.1 Å². The number of thioether (sulfide) groups is 1. The standard InChI is InChI=1S/C20H16N4O3S/c25-20-23-9-8-21-19(28-12-14-4-2-1-3-5-14)18(23)22-24(20)11-15-6-7-16-17(10-15)27-13-26-16/h1-10H,11-13H2. The van der Waals surface area contributed by atoms with Crippen LogP contribution in [0, 0.1) is 0 Å². The monoisotopic (exact) mass is 392 g/mol. The van der Waals surface area contributed by atoms with Gasteiger partial charge in [-0.15, -0.1) is 5.10 Å². The molecule has 0 unspecified atom stereocenters. The summed E-state index contributed by atoms with van der Waals surface area (Å²) in [5.74, 6) is 2.17. The number of fused-ring (bicyclic) bond motifs is 2. The molecule has 140 valence electrons. The number of ether oxygens (including phenoxy) is 2. The van der Waals surface area contributed by atoms with E-state index in [4.69, 9.17) is 9.47 Å². The van der Waals surface area contributed by atoms with Crippen LogP contribution >= 0.6 is 11.8 Å². The maximum absolute atomic E-state index is 12.8. The highest BCUT2D eigenvalue weighted by atomic mass is 32.2. The van der Waals surface area contributed by atoms with Crippen LogP contribution in [0.25, 0.3) is 5.65 Å². The van der Waals surface area contributed by atoms with Crippen LogP contribution in [0.4, 0.5) is 0 Å². The number of rotatable bonds is 5. The summed E-state index contributed by atoms with van der Waals surface area (Å²) in [6.07, 6.45) is 3.28. The van der Waals surface area contributed by atoms with Crippen molar-refractivity contribution < 1.29 is 9.47 Å². The molecule has 3 heterocycles. The average molecular weight is 392 g/mol. The first kappa shape index (κ1) is 16.9. The van der Waals surface area contributed by atoms with Gasteiger partial charge in [0.05, 0.1) is 6.54 Å². The highest BCUT2D eigenvalue weighted by Crippen LogP contribution is 2.32. The van der Waals surface area contributed by atoms with Crippen LogP contribution in [0.5, 0.6) is 11.5 Å². The number of hydrogen-bond donors (Lipinski definition) is 0. The third-order valence-corrected chi connectivity index (χ3v) is 5.50. The van der Waals surface area contributed by atoms with Crippen LogP contribution in [0.3, 0.4) is 0 Å². The number of benzene rings is 2. The molecule has 0 bridgehead atoms. The first-order valence-electron chi connectivity index (χ1n) is 8.77. The smallest absolute Gasteiger partial charge is 0.350 e. The number of aromatic nitrogens is 4. The Morgan fingerprint density at radius 3 is 2.79 bits per heavy atom. The van der Waals surface area contributed by atoms with Crippen LogP contribution < -0.4 is 15.2 Å². The van der Waals surface area contributed by atoms with Crippen LogP contribution in [0.2, 0.25) is 0 Å². The zero-order valence-corrected chi connectivity index (χ0v) is 15.6. The number of nitrogens with zero attached hydrogens (tertiary/aromatic N) is 4. The molecule has 0 spiro atoms. The second kappa shape index (κ2) is 7.05. The Bertz CT molecular complexity index is 1200. The van der Waals surface area contributed by atoms with Gasteiger partial charge < -0.3 is 9.47 Å². The van der Waals surface area contributed by atoms with Crippen molar-refractivity contribution in [2.45, 2.75) is 17.3 Å². The highest BCUT2D eigenvalue weighted by Gasteiger charge is 2.16. The summed E-state index contributed by atoms with van der Waals surface area (Å²) in [6, 6.07) is 15.8. The van der Waals surface area contributed by atoms with Crippen LogP contribution in [0.15, 0.2) is 70.7 Å². The molecule has 2 aromatic heterocycles. The van der Waals surface area contributed by atoms with E-state index in [1.807, 2.05) is 36.4 Å². The maximum Gasteiger partial charge on any atom is 0.350 e. The molecule has 5 rings (SSSR count). The lowest BCUT2D eigenvalue weighted by atomic mass is 10.2. The lowest BCUT2D eigenvalue weighted by molar-refractivity contribution is 0.174. The quantitative estimate of drug-likeness (QED) is 0.487. The first-order valence-corrected chi connectivity index (χ1v) is 9.76. The summed E-state index contributed by atoms with van der Waals surface area (Å²) in [6.45, 7) is 0.570. The fourth-order valence-corrected chi connectivity index (χ4v) is 3.97. The van der Waals surface area contributed by atoms with E-state index >= 15 is 0 Å². The van der Waals surface area contributed by atoms with Gasteiger partial charge in [-0.3, -0.25) is 0 Å². The van der Waals surface area contributed by atoms with Crippen molar-refractivity contribution in [1.29, 1.82) is 0 Å².